The summed E-state index contributed by atoms with van der Waals surface area (Å²) in [6.07, 6.45) is 0.924. The molecule has 3 aromatic heterocycles. The van der Waals surface area contributed by atoms with Gasteiger partial charge in [0.05, 0.1) is 80.2 Å². The van der Waals surface area contributed by atoms with Crippen molar-refractivity contribution in [1.82, 2.24) is 38.8 Å². The Bertz CT molecular complexity index is 3090. The van der Waals surface area contributed by atoms with E-state index < -0.39 is 52.5 Å². The van der Waals surface area contributed by atoms with Crippen LogP contribution in [-0.4, -0.2) is 122 Å². The fourth-order valence-electron chi connectivity index (χ4n) is 9.86. The number of pyridine rings is 1. The van der Waals surface area contributed by atoms with Crippen LogP contribution in [0.25, 0.3) is 11.2 Å². The second-order valence-corrected chi connectivity index (χ2v) is 18.7. The van der Waals surface area contributed by atoms with Gasteiger partial charge in [-0.15, -0.1) is 10.2 Å². The van der Waals surface area contributed by atoms with E-state index in [-0.39, 0.29) is 42.1 Å². The first-order valence-electron chi connectivity index (χ1n) is 23.8. The van der Waals surface area contributed by atoms with Crippen LogP contribution in [0.15, 0.2) is 96.3 Å². The zero-order valence-corrected chi connectivity index (χ0v) is 39.4. The fraction of sp³-hybridized carbons (Fsp3) is 0.392. The third kappa shape index (κ3) is 9.94. The maximum atomic E-state index is 14.6. The Morgan fingerprint density at radius 1 is 0.875 bits per heavy atom. The average Bonchev–Trinajstić information content (AvgIpc) is 4.12. The number of rotatable bonds is 19. The van der Waals surface area contributed by atoms with Gasteiger partial charge in [-0.25, -0.2) is 4.79 Å². The molecule has 0 aliphatic carbocycles. The van der Waals surface area contributed by atoms with Crippen LogP contribution in [0.1, 0.15) is 73.6 Å². The molecule has 0 spiro atoms. The number of fused-ring (bicyclic) bond motifs is 2. The van der Waals surface area contributed by atoms with Crippen LogP contribution < -0.4 is 16.3 Å². The number of nitrogens with zero attached hydrogens (tertiary/aromatic N) is 7. The van der Waals surface area contributed by atoms with E-state index in [0.717, 1.165) is 37.9 Å². The Labute approximate surface area is 410 Å². The van der Waals surface area contributed by atoms with E-state index in [9.17, 15) is 37.1 Å². The lowest BCUT2D eigenvalue weighted by Crippen LogP contribution is -2.54. The molecule has 3 aromatic carbocycles. The van der Waals surface area contributed by atoms with Crippen molar-refractivity contribution in [3.8, 4) is 5.69 Å². The lowest BCUT2D eigenvalue weighted by Gasteiger charge is -2.41. The summed E-state index contributed by atoms with van der Waals surface area (Å²) in [7, 11) is 1.86. The maximum absolute atomic E-state index is 14.6. The van der Waals surface area contributed by atoms with Crippen LogP contribution in [0.2, 0.25) is 0 Å². The van der Waals surface area contributed by atoms with Gasteiger partial charge < -0.3 is 28.8 Å². The molecule has 6 aromatic rings. The normalized spacial score (nSPS) is 19.0. The lowest BCUT2D eigenvalue weighted by molar-refractivity contribution is -0.137. The van der Waals surface area contributed by atoms with E-state index in [4.69, 9.17) is 18.9 Å². The van der Waals surface area contributed by atoms with E-state index in [1.54, 1.807) is 36.7 Å². The molecule has 72 heavy (non-hydrogen) atoms. The van der Waals surface area contributed by atoms with Gasteiger partial charge in [-0.05, 0) is 65.4 Å². The number of aryl methyl sites for hydroxylation is 1. The predicted octanol–water partition coefficient (Wildman–Crippen LogP) is 4.59. The number of benzene rings is 3. The Kier molecular flexibility index (Phi) is 13.6. The van der Waals surface area contributed by atoms with Gasteiger partial charge in [-0.1, -0.05) is 42.5 Å². The number of nitrogens with one attached hydrogen (secondary N) is 2. The highest BCUT2D eigenvalue weighted by molar-refractivity contribution is 6.25. The van der Waals surface area contributed by atoms with E-state index in [1.165, 1.54) is 17.0 Å². The minimum Gasteiger partial charge on any atom is -0.382 e. The van der Waals surface area contributed by atoms with Crippen molar-refractivity contribution in [2.45, 2.75) is 69.2 Å². The van der Waals surface area contributed by atoms with Crippen LogP contribution in [0, 0.1) is 0 Å². The zero-order valence-electron chi connectivity index (χ0n) is 39.4. The summed E-state index contributed by atoms with van der Waals surface area (Å²) in [5.74, 6) is -1.48. The summed E-state index contributed by atoms with van der Waals surface area (Å²) in [4.78, 5) is 67.3. The van der Waals surface area contributed by atoms with Crippen LogP contribution in [-0.2, 0) is 73.4 Å². The third-order valence-corrected chi connectivity index (χ3v) is 13.7. The van der Waals surface area contributed by atoms with Crippen LogP contribution in [0.5, 0.6) is 0 Å². The fourth-order valence-corrected chi connectivity index (χ4v) is 9.86. The number of imide groups is 2. The quantitative estimate of drug-likeness (QED) is 0.0848. The Hall–Kier alpha value is -7.04. The monoisotopic (exact) mass is 991 g/mol. The van der Waals surface area contributed by atoms with Gasteiger partial charge in [0.15, 0.2) is 0 Å². The van der Waals surface area contributed by atoms with Gasteiger partial charge in [0.25, 0.3) is 11.8 Å². The Balaban J connectivity index is 0.664. The molecule has 21 heteroatoms. The molecule has 3 fully saturated rings. The smallest absolute Gasteiger partial charge is 0.382 e. The number of carbonyl (C=O) groups excluding carboxylic acids is 4. The van der Waals surface area contributed by atoms with Crippen LogP contribution in [0.3, 0.4) is 0 Å². The molecule has 18 nitrogen and oxygen atoms in total. The number of carbonyl (C=O) groups is 4. The van der Waals surface area contributed by atoms with Crippen molar-refractivity contribution in [1.29, 1.82) is 0 Å². The summed E-state index contributed by atoms with van der Waals surface area (Å²) in [6, 6.07) is 20.0. The molecule has 1 unspecified atom stereocenters. The van der Waals surface area contributed by atoms with Crippen molar-refractivity contribution in [3.63, 3.8) is 0 Å². The number of amides is 4. The van der Waals surface area contributed by atoms with Gasteiger partial charge in [0.1, 0.15) is 18.2 Å². The average molecular weight is 992 g/mol. The molecule has 4 aliphatic heterocycles. The van der Waals surface area contributed by atoms with E-state index >= 15 is 0 Å². The minimum absolute atomic E-state index is 0.0427. The van der Waals surface area contributed by atoms with Crippen LogP contribution in [0.4, 0.5) is 18.9 Å². The number of ether oxygens (including phenoxy) is 4. The molecule has 10 rings (SSSR count). The second-order valence-electron chi connectivity index (χ2n) is 18.7. The van der Waals surface area contributed by atoms with Gasteiger partial charge in [0, 0.05) is 69.6 Å². The molecule has 3 saturated heterocycles. The first-order chi connectivity index (χ1) is 34.7. The maximum Gasteiger partial charge on any atom is 0.418 e. The molecular formula is C51H52F3N9O9. The largest absolute Gasteiger partial charge is 0.418 e. The number of aromatic nitrogens is 5. The first kappa shape index (κ1) is 48.6. The lowest BCUT2D eigenvalue weighted by atomic mass is 9.75. The second kappa shape index (κ2) is 20.2. The highest BCUT2D eigenvalue weighted by atomic mass is 19.4. The Morgan fingerprint density at radius 2 is 1.64 bits per heavy atom. The number of hydrogen-bond donors (Lipinski definition) is 2. The molecule has 4 aliphatic rings. The molecule has 4 amide bonds. The number of likely N-dealkylation sites (tertiary alicyclic amines) is 1. The molecular weight excluding hydrogens is 940 g/mol. The molecule has 0 radical (unpaired) electrons. The van der Waals surface area contributed by atoms with Gasteiger partial charge >= 0.3 is 11.9 Å². The minimum atomic E-state index is -4.70. The molecule has 0 bridgehead atoms. The number of imidazole rings is 1. The number of alkyl halides is 3. The van der Waals surface area contributed by atoms with E-state index in [2.05, 4.69) is 20.8 Å². The summed E-state index contributed by atoms with van der Waals surface area (Å²) < 4.78 is 71.5. The Morgan fingerprint density at radius 3 is 2.35 bits per heavy atom. The first-order valence-corrected chi connectivity index (χ1v) is 23.8. The highest BCUT2D eigenvalue weighted by Crippen LogP contribution is 2.38. The number of hydrogen-bond acceptors (Lipinski definition) is 13. The van der Waals surface area contributed by atoms with Gasteiger partial charge in [-0.2, -0.15) is 13.2 Å². The standard InChI is InChI=1S/C51H52F3N9O9/c1-59-31-56-58-43(59)22-50(29-71-30-50)35-4-2-5-36(21-35)61-26-42-39(51(52,53)54)20-34(24-62(42)49(61)68)23-60-16-14-37(25-60)72-19-18-70-28-33-10-8-32(9-11-33)27-69-17-15-55-40-7-3-6-38-45(40)48(67)63(47(38)66)41-12-13-44(64)57-46(41)65/h2-11,20-21,24,26,31,37,41,55H,12-19,22-23,25,27-30H2,1H3,(H,57,64,65)/t37-,41?/m0/s1. The van der Waals surface area contributed by atoms with E-state index in [1.807, 2.05) is 52.9 Å². The van der Waals surface area contributed by atoms with Gasteiger partial charge in [0.2, 0.25) is 11.8 Å². The summed E-state index contributed by atoms with van der Waals surface area (Å²) in [6.45, 7) is 4.26. The summed E-state index contributed by atoms with van der Waals surface area (Å²) in [5.41, 5.74) is 2.32. The zero-order chi connectivity index (χ0) is 50.1. The molecule has 2 atom stereocenters. The predicted molar refractivity (Wildman–Crippen MR) is 252 cm³/mol. The molecule has 7 heterocycles. The van der Waals surface area contributed by atoms with Crippen molar-refractivity contribution < 1.29 is 51.3 Å². The number of piperidine rings is 1. The molecule has 376 valence electrons. The van der Waals surface area contributed by atoms with Crippen molar-refractivity contribution in [2.75, 3.05) is 58.0 Å². The molecule has 0 saturated carbocycles. The van der Waals surface area contributed by atoms with Crippen molar-refractivity contribution in [3.05, 3.63) is 147 Å². The highest BCUT2D eigenvalue weighted by Gasteiger charge is 2.46. The van der Waals surface area contributed by atoms with Crippen LogP contribution >= 0.6 is 0 Å². The topological polar surface area (TPSA) is 193 Å². The number of anilines is 1. The number of halogens is 3. The summed E-state index contributed by atoms with van der Waals surface area (Å²) in [5, 5.41) is 13.6. The third-order valence-electron chi connectivity index (χ3n) is 13.7. The van der Waals surface area contributed by atoms with Crippen molar-refractivity contribution >= 4 is 34.8 Å². The van der Waals surface area contributed by atoms with E-state index in [0.29, 0.717) is 95.7 Å². The van der Waals surface area contributed by atoms with Gasteiger partial charge in [-0.3, -0.25) is 43.3 Å². The SMILES string of the molecule is Cn1cnnc1CC1(c2cccc(-n3cc4c(C(F)(F)F)cc(CN5CC[C@H](OCCOCc6ccc(COCCNc7cccc8c7C(=O)N(C7CCC(=O)NC7=O)C8=O)cc6)C5)cn4c3=O)c2)COC1. The van der Waals surface area contributed by atoms with Crippen molar-refractivity contribution in [2.24, 2.45) is 7.05 Å². The summed E-state index contributed by atoms with van der Waals surface area (Å²) >= 11 is 0. The molecule has 2 N–H and O–H groups in total.